The van der Waals surface area contributed by atoms with E-state index in [1.807, 2.05) is 0 Å². The molecule has 0 aliphatic carbocycles. The van der Waals surface area contributed by atoms with Crippen LogP contribution in [0.15, 0.2) is 24.5 Å². The minimum Gasteiger partial charge on any atom is -0.314 e. The molecule has 3 heteroatoms. The molecule has 1 aliphatic heterocycles. The van der Waals surface area contributed by atoms with E-state index in [4.69, 9.17) is 0 Å². The van der Waals surface area contributed by atoms with Crippen LogP contribution >= 0.6 is 0 Å². The topological polar surface area (TPSA) is 37.8 Å². The van der Waals surface area contributed by atoms with E-state index in [9.17, 15) is 0 Å². The third kappa shape index (κ3) is 2.15. The molecule has 1 aromatic carbocycles. The van der Waals surface area contributed by atoms with Crippen LogP contribution in [0.3, 0.4) is 0 Å². The minimum atomic E-state index is 0.592. The number of nitrogens with zero attached hydrogens (tertiary/aromatic N) is 2. The Morgan fingerprint density at radius 2 is 2.29 bits per heavy atom. The lowest BCUT2D eigenvalue weighted by Crippen LogP contribution is -2.24. The van der Waals surface area contributed by atoms with E-state index < -0.39 is 0 Å². The van der Waals surface area contributed by atoms with Crippen LogP contribution in [0.25, 0.3) is 10.9 Å². The molecular formula is C14H17N3. The van der Waals surface area contributed by atoms with E-state index in [1.165, 1.54) is 29.5 Å². The first kappa shape index (κ1) is 10.7. The molecule has 0 amide bonds. The summed E-state index contributed by atoms with van der Waals surface area (Å²) in [5, 5.41) is 4.72. The molecule has 3 rings (SSSR count). The van der Waals surface area contributed by atoms with Crippen LogP contribution in [0, 0.1) is 6.92 Å². The summed E-state index contributed by atoms with van der Waals surface area (Å²) in [6.45, 7) is 3.24. The standard InChI is InChI=1S/C14H17N3/c1-10-4-5-12-13(7-10)16-9-17-14(12)8-11-3-2-6-15-11/h4-5,7,9,11,15H,2-3,6,8H2,1H3. The summed E-state index contributed by atoms with van der Waals surface area (Å²) in [6, 6.07) is 7.00. The van der Waals surface area contributed by atoms with Crippen LogP contribution in [-0.4, -0.2) is 22.6 Å². The van der Waals surface area contributed by atoms with Gasteiger partial charge in [0.25, 0.3) is 0 Å². The van der Waals surface area contributed by atoms with E-state index in [2.05, 4.69) is 40.4 Å². The molecule has 1 atom stereocenters. The van der Waals surface area contributed by atoms with Gasteiger partial charge in [-0.2, -0.15) is 0 Å². The second kappa shape index (κ2) is 4.41. The summed E-state index contributed by atoms with van der Waals surface area (Å²) >= 11 is 0. The zero-order valence-electron chi connectivity index (χ0n) is 10.1. The molecule has 1 N–H and O–H groups in total. The summed E-state index contributed by atoms with van der Waals surface area (Å²) in [6.07, 6.45) is 5.25. The maximum atomic E-state index is 4.45. The van der Waals surface area contributed by atoms with E-state index in [-0.39, 0.29) is 0 Å². The fourth-order valence-corrected chi connectivity index (χ4v) is 2.55. The van der Waals surface area contributed by atoms with Crippen molar-refractivity contribution in [3.05, 3.63) is 35.8 Å². The van der Waals surface area contributed by atoms with Crippen molar-refractivity contribution in [3.8, 4) is 0 Å². The van der Waals surface area contributed by atoms with Crippen molar-refractivity contribution in [2.75, 3.05) is 6.54 Å². The number of hydrogen-bond donors (Lipinski definition) is 1. The van der Waals surface area contributed by atoms with Gasteiger partial charge in [-0.05, 0) is 37.9 Å². The molecule has 0 saturated carbocycles. The number of hydrogen-bond acceptors (Lipinski definition) is 3. The first-order chi connectivity index (χ1) is 8.33. The lowest BCUT2D eigenvalue weighted by molar-refractivity contribution is 0.597. The lowest BCUT2D eigenvalue weighted by atomic mass is 10.0. The van der Waals surface area contributed by atoms with Gasteiger partial charge in [-0.1, -0.05) is 12.1 Å². The first-order valence-electron chi connectivity index (χ1n) is 6.26. The SMILES string of the molecule is Cc1ccc2c(CC3CCCN3)ncnc2c1. The Morgan fingerprint density at radius 1 is 1.35 bits per heavy atom. The zero-order chi connectivity index (χ0) is 11.7. The molecule has 2 aromatic rings. The van der Waals surface area contributed by atoms with Gasteiger partial charge in [-0.3, -0.25) is 0 Å². The highest BCUT2D eigenvalue weighted by Gasteiger charge is 2.16. The fourth-order valence-electron chi connectivity index (χ4n) is 2.55. The van der Waals surface area contributed by atoms with Gasteiger partial charge in [0.05, 0.1) is 11.2 Å². The highest BCUT2D eigenvalue weighted by atomic mass is 14.9. The number of nitrogens with one attached hydrogen (secondary N) is 1. The van der Waals surface area contributed by atoms with Gasteiger partial charge >= 0.3 is 0 Å². The van der Waals surface area contributed by atoms with Gasteiger partial charge in [0.2, 0.25) is 0 Å². The monoisotopic (exact) mass is 227 g/mol. The van der Waals surface area contributed by atoms with Crippen molar-refractivity contribution < 1.29 is 0 Å². The average molecular weight is 227 g/mol. The summed E-state index contributed by atoms with van der Waals surface area (Å²) in [5.41, 5.74) is 3.49. The molecule has 1 fully saturated rings. The molecule has 3 nitrogen and oxygen atoms in total. The molecule has 88 valence electrons. The Kier molecular flexibility index (Phi) is 2.77. The van der Waals surface area contributed by atoms with Crippen LogP contribution in [0.2, 0.25) is 0 Å². The average Bonchev–Trinajstić information content (AvgIpc) is 2.82. The summed E-state index contributed by atoms with van der Waals surface area (Å²) < 4.78 is 0. The summed E-state index contributed by atoms with van der Waals surface area (Å²) in [4.78, 5) is 8.79. The van der Waals surface area contributed by atoms with Crippen LogP contribution < -0.4 is 5.32 Å². The highest BCUT2D eigenvalue weighted by molar-refractivity contribution is 5.81. The van der Waals surface area contributed by atoms with Crippen LogP contribution in [0.5, 0.6) is 0 Å². The van der Waals surface area contributed by atoms with Gasteiger partial charge in [-0.25, -0.2) is 9.97 Å². The third-order valence-electron chi connectivity index (χ3n) is 3.48. The third-order valence-corrected chi connectivity index (χ3v) is 3.48. The second-order valence-corrected chi connectivity index (χ2v) is 4.84. The maximum absolute atomic E-state index is 4.45. The Labute approximate surface area is 101 Å². The number of aromatic nitrogens is 2. The van der Waals surface area contributed by atoms with Crippen molar-refractivity contribution in [2.45, 2.75) is 32.2 Å². The van der Waals surface area contributed by atoms with E-state index >= 15 is 0 Å². The molecule has 1 saturated heterocycles. The van der Waals surface area contributed by atoms with E-state index in [1.54, 1.807) is 6.33 Å². The summed E-state index contributed by atoms with van der Waals surface area (Å²) in [7, 11) is 0. The van der Waals surface area contributed by atoms with Crippen LogP contribution in [-0.2, 0) is 6.42 Å². The van der Waals surface area contributed by atoms with E-state index in [0.29, 0.717) is 6.04 Å². The quantitative estimate of drug-likeness (QED) is 0.855. The number of aryl methyl sites for hydroxylation is 1. The Balaban J connectivity index is 1.97. The number of rotatable bonds is 2. The van der Waals surface area contributed by atoms with Gasteiger partial charge in [-0.15, -0.1) is 0 Å². The Morgan fingerprint density at radius 3 is 3.12 bits per heavy atom. The van der Waals surface area contributed by atoms with Crippen molar-refractivity contribution >= 4 is 10.9 Å². The Bertz CT molecular complexity index is 530. The molecule has 2 heterocycles. The highest BCUT2D eigenvalue weighted by Crippen LogP contribution is 2.19. The van der Waals surface area contributed by atoms with Crippen molar-refractivity contribution in [2.24, 2.45) is 0 Å². The van der Waals surface area contributed by atoms with Gasteiger partial charge in [0.15, 0.2) is 0 Å². The molecule has 0 spiro atoms. The molecule has 1 unspecified atom stereocenters. The molecule has 0 bridgehead atoms. The fraction of sp³-hybridized carbons (Fsp3) is 0.429. The van der Waals surface area contributed by atoms with Crippen LogP contribution in [0.4, 0.5) is 0 Å². The maximum Gasteiger partial charge on any atom is 0.116 e. The van der Waals surface area contributed by atoms with E-state index in [0.717, 1.165) is 18.5 Å². The van der Waals surface area contributed by atoms with Crippen molar-refractivity contribution in [1.82, 2.24) is 15.3 Å². The molecule has 0 radical (unpaired) electrons. The second-order valence-electron chi connectivity index (χ2n) is 4.84. The zero-order valence-corrected chi connectivity index (χ0v) is 10.1. The molecular weight excluding hydrogens is 210 g/mol. The summed E-state index contributed by atoms with van der Waals surface area (Å²) in [5.74, 6) is 0. The van der Waals surface area contributed by atoms with Crippen molar-refractivity contribution in [1.29, 1.82) is 0 Å². The first-order valence-corrected chi connectivity index (χ1v) is 6.26. The smallest absolute Gasteiger partial charge is 0.116 e. The molecule has 1 aromatic heterocycles. The lowest BCUT2D eigenvalue weighted by Gasteiger charge is -2.11. The molecule has 17 heavy (non-hydrogen) atoms. The predicted octanol–water partition coefficient (Wildman–Crippen LogP) is 2.23. The van der Waals surface area contributed by atoms with Gasteiger partial charge < -0.3 is 5.32 Å². The number of benzene rings is 1. The largest absolute Gasteiger partial charge is 0.314 e. The number of fused-ring (bicyclic) bond motifs is 1. The Hall–Kier alpha value is -1.48. The van der Waals surface area contributed by atoms with Gasteiger partial charge in [0, 0.05) is 17.8 Å². The van der Waals surface area contributed by atoms with Gasteiger partial charge in [0.1, 0.15) is 6.33 Å². The molecule has 1 aliphatic rings. The van der Waals surface area contributed by atoms with Crippen LogP contribution in [0.1, 0.15) is 24.1 Å². The predicted molar refractivity (Wildman–Crippen MR) is 69.0 cm³/mol. The normalized spacial score (nSPS) is 19.9. The van der Waals surface area contributed by atoms with Crippen molar-refractivity contribution in [3.63, 3.8) is 0 Å². The minimum absolute atomic E-state index is 0.592.